The molecule has 1 fully saturated rings. The summed E-state index contributed by atoms with van der Waals surface area (Å²) in [6.07, 6.45) is 4.74. The lowest BCUT2D eigenvalue weighted by Gasteiger charge is -2.29. The van der Waals surface area contributed by atoms with E-state index in [4.69, 9.17) is 0 Å². The second kappa shape index (κ2) is 6.58. The van der Waals surface area contributed by atoms with E-state index in [0.717, 1.165) is 33.9 Å². The number of amides is 1. The molecular weight excluding hydrogens is 410 g/mol. The van der Waals surface area contributed by atoms with Gasteiger partial charge in [-0.05, 0) is 50.8 Å². The lowest BCUT2D eigenvalue weighted by molar-refractivity contribution is -0.145. The molecular formula is C13H15Br2NO3S. The average Bonchev–Trinajstić information content (AvgIpc) is 2.62. The second-order valence-electron chi connectivity index (χ2n) is 4.99. The van der Waals surface area contributed by atoms with Crippen molar-refractivity contribution in [1.29, 1.82) is 0 Å². The molecule has 1 saturated carbocycles. The Kier molecular flexibility index (Phi) is 5.25. The summed E-state index contributed by atoms with van der Waals surface area (Å²) in [5, 5.41) is 12.3. The normalized spacial score (nSPS) is 18.3. The van der Waals surface area contributed by atoms with Gasteiger partial charge in [0.05, 0.1) is 8.66 Å². The van der Waals surface area contributed by atoms with Crippen LogP contribution in [0, 0.1) is 0 Å². The van der Waals surface area contributed by atoms with Crippen LogP contribution in [0.4, 0.5) is 0 Å². The van der Waals surface area contributed by atoms with Crippen molar-refractivity contribution in [2.24, 2.45) is 0 Å². The van der Waals surface area contributed by atoms with Gasteiger partial charge in [0.25, 0.3) is 5.91 Å². The monoisotopic (exact) mass is 423 g/mol. The van der Waals surface area contributed by atoms with Gasteiger partial charge in [-0.15, -0.1) is 11.3 Å². The molecule has 7 heteroatoms. The number of carbonyl (C=O) groups is 2. The minimum atomic E-state index is -1.11. The first-order valence-corrected chi connectivity index (χ1v) is 8.86. The minimum Gasteiger partial charge on any atom is -0.480 e. The summed E-state index contributed by atoms with van der Waals surface area (Å²) in [5.41, 5.74) is -1.11. The largest absolute Gasteiger partial charge is 0.480 e. The van der Waals surface area contributed by atoms with Gasteiger partial charge in [0.1, 0.15) is 5.54 Å². The number of carboxylic acids is 1. The third-order valence-electron chi connectivity index (χ3n) is 3.59. The van der Waals surface area contributed by atoms with Crippen LogP contribution in [0.15, 0.2) is 14.3 Å². The zero-order chi connectivity index (χ0) is 14.8. The molecule has 0 bridgehead atoms. The van der Waals surface area contributed by atoms with E-state index in [1.165, 1.54) is 11.3 Å². The molecule has 0 atom stereocenters. The van der Waals surface area contributed by atoms with Crippen LogP contribution in [-0.4, -0.2) is 22.5 Å². The number of hydrogen-bond acceptors (Lipinski definition) is 3. The molecule has 1 aromatic rings. The van der Waals surface area contributed by atoms with Crippen LogP contribution >= 0.6 is 43.2 Å². The van der Waals surface area contributed by atoms with Crippen molar-refractivity contribution in [3.63, 3.8) is 0 Å². The van der Waals surface area contributed by atoms with Crippen LogP contribution in [-0.2, 0) is 4.79 Å². The highest BCUT2D eigenvalue weighted by molar-refractivity contribution is 9.13. The number of rotatable bonds is 3. The average molecular weight is 425 g/mol. The van der Waals surface area contributed by atoms with Gasteiger partial charge in [-0.25, -0.2) is 4.79 Å². The fraction of sp³-hybridized carbons (Fsp3) is 0.538. The zero-order valence-corrected chi connectivity index (χ0v) is 14.7. The number of hydrogen-bond donors (Lipinski definition) is 2. The van der Waals surface area contributed by atoms with Crippen molar-refractivity contribution in [3.8, 4) is 0 Å². The van der Waals surface area contributed by atoms with E-state index in [9.17, 15) is 14.7 Å². The molecule has 0 spiro atoms. The Hall–Kier alpha value is -0.400. The summed E-state index contributed by atoms with van der Waals surface area (Å²) < 4.78 is 1.63. The SMILES string of the molecule is O=C(NC1(C(=O)O)CCCCCC1)c1cc(Br)c(Br)s1. The van der Waals surface area contributed by atoms with Gasteiger partial charge >= 0.3 is 5.97 Å². The van der Waals surface area contributed by atoms with Gasteiger partial charge in [0.15, 0.2) is 0 Å². The third kappa shape index (κ3) is 3.43. The molecule has 0 saturated heterocycles. The van der Waals surface area contributed by atoms with Gasteiger partial charge in [-0.3, -0.25) is 4.79 Å². The number of aliphatic carboxylic acids is 1. The van der Waals surface area contributed by atoms with Crippen molar-refractivity contribution in [1.82, 2.24) is 5.32 Å². The Balaban J connectivity index is 2.19. The predicted octanol–water partition coefficient (Wildman–Crippen LogP) is 4.18. The van der Waals surface area contributed by atoms with Crippen molar-refractivity contribution in [2.45, 2.75) is 44.1 Å². The van der Waals surface area contributed by atoms with Crippen LogP contribution in [0.2, 0.25) is 0 Å². The van der Waals surface area contributed by atoms with Crippen molar-refractivity contribution in [3.05, 3.63) is 19.2 Å². The van der Waals surface area contributed by atoms with E-state index in [2.05, 4.69) is 37.2 Å². The van der Waals surface area contributed by atoms with Gasteiger partial charge in [0.2, 0.25) is 0 Å². The van der Waals surface area contributed by atoms with E-state index >= 15 is 0 Å². The number of thiophene rings is 1. The van der Waals surface area contributed by atoms with Gasteiger partial charge in [0, 0.05) is 4.47 Å². The topological polar surface area (TPSA) is 66.4 Å². The van der Waals surface area contributed by atoms with Crippen LogP contribution in [0.25, 0.3) is 0 Å². The highest BCUT2D eigenvalue weighted by Gasteiger charge is 2.40. The summed E-state index contributed by atoms with van der Waals surface area (Å²) in [7, 11) is 0. The zero-order valence-electron chi connectivity index (χ0n) is 10.7. The highest BCUT2D eigenvalue weighted by atomic mass is 79.9. The maximum Gasteiger partial charge on any atom is 0.329 e. The lowest BCUT2D eigenvalue weighted by Crippen LogP contribution is -2.54. The van der Waals surface area contributed by atoms with Crippen LogP contribution in [0.3, 0.4) is 0 Å². The number of carboxylic acid groups (broad SMARTS) is 1. The first-order chi connectivity index (χ1) is 9.44. The molecule has 0 aliphatic heterocycles. The Morgan fingerprint density at radius 1 is 1.20 bits per heavy atom. The predicted molar refractivity (Wildman–Crippen MR) is 85.3 cm³/mol. The number of halogens is 2. The van der Waals surface area contributed by atoms with E-state index in [1.54, 1.807) is 6.07 Å². The molecule has 1 aliphatic carbocycles. The Morgan fingerprint density at radius 2 is 1.80 bits per heavy atom. The van der Waals surface area contributed by atoms with Gasteiger partial charge in [-0.2, -0.15) is 0 Å². The molecule has 1 heterocycles. The summed E-state index contributed by atoms with van der Waals surface area (Å²) >= 11 is 7.96. The fourth-order valence-corrected chi connectivity index (χ4v) is 4.39. The third-order valence-corrected chi connectivity index (χ3v) is 6.84. The Bertz CT molecular complexity index is 502. The summed E-state index contributed by atoms with van der Waals surface area (Å²) in [5.74, 6) is -1.24. The quantitative estimate of drug-likeness (QED) is 0.715. The van der Waals surface area contributed by atoms with Crippen LogP contribution < -0.4 is 5.32 Å². The van der Waals surface area contributed by atoms with Gasteiger partial charge < -0.3 is 10.4 Å². The second-order valence-corrected chi connectivity index (χ2v) is 8.21. The van der Waals surface area contributed by atoms with E-state index < -0.39 is 11.5 Å². The molecule has 20 heavy (non-hydrogen) atoms. The van der Waals surface area contributed by atoms with Crippen LogP contribution in [0.1, 0.15) is 48.2 Å². The molecule has 4 nitrogen and oxygen atoms in total. The lowest BCUT2D eigenvalue weighted by atomic mass is 9.90. The van der Waals surface area contributed by atoms with E-state index in [0.29, 0.717) is 17.7 Å². The fourth-order valence-electron chi connectivity index (χ4n) is 2.46. The maximum atomic E-state index is 12.3. The molecule has 0 unspecified atom stereocenters. The first-order valence-electron chi connectivity index (χ1n) is 6.45. The smallest absolute Gasteiger partial charge is 0.329 e. The first kappa shape index (κ1) is 16.0. The molecule has 1 aliphatic rings. The van der Waals surface area contributed by atoms with Crippen molar-refractivity contribution < 1.29 is 14.7 Å². The minimum absolute atomic E-state index is 0.314. The van der Waals surface area contributed by atoms with E-state index in [-0.39, 0.29) is 5.91 Å². The summed E-state index contributed by atoms with van der Waals surface area (Å²) in [6.45, 7) is 0. The molecule has 2 rings (SSSR count). The molecule has 0 radical (unpaired) electrons. The van der Waals surface area contributed by atoms with Crippen molar-refractivity contribution >= 4 is 55.1 Å². The number of carbonyl (C=O) groups excluding carboxylic acids is 1. The van der Waals surface area contributed by atoms with Crippen molar-refractivity contribution in [2.75, 3.05) is 0 Å². The van der Waals surface area contributed by atoms with Gasteiger partial charge in [-0.1, -0.05) is 25.7 Å². The van der Waals surface area contributed by atoms with Crippen LogP contribution in [0.5, 0.6) is 0 Å². The molecule has 0 aromatic carbocycles. The highest BCUT2D eigenvalue weighted by Crippen LogP contribution is 2.33. The molecule has 1 aromatic heterocycles. The summed E-state index contributed by atoms with van der Waals surface area (Å²) in [4.78, 5) is 24.4. The Labute approximate surface area is 138 Å². The Morgan fingerprint density at radius 3 is 2.25 bits per heavy atom. The summed E-state index contributed by atoms with van der Waals surface area (Å²) in [6, 6.07) is 1.70. The number of nitrogens with one attached hydrogen (secondary N) is 1. The maximum absolute atomic E-state index is 12.3. The molecule has 2 N–H and O–H groups in total. The standard InChI is InChI=1S/C13H15Br2NO3S/c14-8-7-9(20-10(8)15)11(17)16-13(12(18)19)5-3-1-2-4-6-13/h7H,1-6H2,(H,16,17)(H,18,19). The van der Waals surface area contributed by atoms with E-state index in [1.807, 2.05) is 0 Å². The molecule has 1 amide bonds. The molecule has 110 valence electrons.